The Morgan fingerprint density at radius 3 is 2.63 bits per heavy atom. The highest BCUT2D eigenvalue weighted by Crippen LogP contribution is 2.20. The van der Waals surface area contributed by atoms with Gasteiger partial charge in [0.05, 0.1) is 12.1 Å². The largest absolute Gasteiger partial charge is 0.389 e. The first-order valence-corrected chi connectivity index (χ1v) is 7.07. The van der Waals surface area contributed by atoms with Crippen LogP contribution in [0.5, 0.6) is 0 Å². The van der Waals surface area contributed by atoms with Gasteiger partial charge in [-0.3, -0.25) is 9.69 Å². The quantitative estimate of drug-likeness (QED) is 0.845. The lowest BCUT2D eigenvalue weighted by Gasteiger charge is -2.36. The molecule has 3 nitrogen and oxygen atoms in total. The number of hydrogen-bond donors (Lipinski definition) is 1. The molecule has 1 saturated heterocycles. The molecule has 0 saturated carbocycles. The molecule has 0 radical (unpaired) electrons. The Bertz CT molecular complexity index is 437. The van der Waals surface area contributed by atoms with Crippen molar-refractivity contribution >= 4 is 5.78 Å². The average molecular weight is 261 g/mol. The number of likely N-dealkylation sites (tertiary alicyclic amines) is 1. The van der Waals surface area contributed by atoms with Gasteiger partial charge in [-0.25, -0.2) is 0 Å². The number of rotatable bonds is 4. The number of carbonyl (C=O) groups excluding carboxylic acids is 1. The molecule has 1 unspecified atom stereocenters. The van der Waals surface area contributed by atoms with Crippen LogP contribution in [0.25, 0.3) is 0 Å². The van der Waals surface area contributed by atoms with Gasteiger partial charge in [-0.05, 0) is 38.3 Å². The molecule has 1 aromatic rings. The van der Waals surface area contributed by atoms with E-state index in [2.05, 4.69) is 11.8 Å². The van der Waals surface area contributed by atoms with E-state index < -0.39 is 5.60 Å². The van der Waals surface area contributed by atoms with Gasteiger partial charge >= 0.3 is 0 Å². The highest BCUT2D eigenvalue weighted by molar-refractivity contribution is 5.97. The van der Waals surface area contributed by atoms with Gasteiger partial charge < -0.3 is 5.11 Å². The van der Waals surface area contributed by atoms with Crippen LogP contribution in [-0.4, -0.2) is 41.0 Å². The Morgan fingerprint density at radius 2 is 2.05 bits per heavy atom. The normalized spacial score (nSPS) is 24.4. The molecule has 0 aliphatic carbocycles. The van der Waals surface area contributed by atoms with Crippen molar-refractivity contribution in [2.45, 2.75) is 38.7 Å². The van der Waals surface area contributed by atoms with Crippen molar-refractivity contribution < 1.29 is 9.90 Å². The van der Waals surface area contributed by atoms with Crippen LogP contribution in [0.4, 0.5) is 0 Å². The van der Waals surface area contributed by atoms with E-state index in [0.717, 1.165) is 31.4 Å². The lowest BCUT2D eigenvalue weighted by atomic mass is 9.95. The number of piperidine rings is 1. The molecular weight excluding hydrogens is 238 g/mol. The Balaban J connectivity index is 1.96. The van der Waals surface area contributed by atoms with Gasteiger partial charge in [0.25, 0.3) is 0 Å². The fraction of sp³-hybridized carbons (Fsp3) is 0.562. The molecule has 2 rings (SSSR count). The minimum absolute atomic E-state index is 0.139. The van der Waals surface area contributed by atoms with E-state index in [4.69, 9.17) is 0 Å². The van der Waals surface area contributed by atoms with E-state index in [1.54, 1.807) is 0 Å². The molecule has 1 fully saturated rings. The average Bonchev–Trinajstić information content (AvgIpc) is 2.37. The van der Waals surface area contributed by atoms with Gasteiger partial charge in [-0.1, -0.05) is 31.2 Å². The second kappa shape index (κ2) is 5.85. The summed E-state index contributed by atoms with van der Waals surface area (Å²) in [5, 5.41) is 10.0. The van der Waals surface area contributed by atoms with Gasteiger partial charge in [0.2, 0.25) is 0 Å². The van der Waals surface area contributed by atoms with Crippen molar-refractivity contribution in [3.8, 4) is 0 Å². The highest BCUT2D eigenvalue weighted by Gasteiger charge is 2.29. The zero-order valence-electron chi connectivity index (χ0n) is 11.9. The van der Waals surface area contributed by atoms with Crippen LogP contribution in [0, 0.1) is 0 Å². The summed E-state index contributed by atoms with van der Waals surface area (Å²) in [6, 6.07) is 7.84. The number of Topliss-reactive ketones (excluding diaryl/α,β-unsaturated/α-hetero) is 1. The summed E-state index contributed by atoms with van der Waals surface area (Å²) in [7, 11) is 0. The molecule has 19 heavy (non-hydrogen) atoms. The molecule has 1 heterocycles. The molecule has 0 spiro atoms. The molecule has 1 aliphatic rings. The Labute approximate surface area is 115 Å². The SMILES string of the molecule is CCc1ccc(C(=O)CN2CCCC(C)(O)C2)cc1. The number of β-amino-alcohol motifs (C(OH)–C–C–N with tert-alkyl or cyclic N) is 1. The van der Waals surface area contributed by atoms with Crippen LogP contribution in [0.3, 0.4) is 0 Å². The smallest absolute Gasteiger partial charge is 0.176 e. The molecule has 1 aliphatic heterocycles. The summed E-state index contributed by atoms with van der Waals surface area (Å²) in [5.41, 5.74) is 1.37. The molecule has 1 aromatic carbocycles. The van der Waals surface area contributed by atoms with Gasteiger partial charge in [0.15, 0.2) is 5.78 Å². The van der Waals surface area contributed by atoms with E-state index >= 15 is 0 Å². The Kier molecular flexibility index (Phi) is 4.38. The van der Waals surface area contributed by atoms with Crippen LogP contribution in [0.2, 0.25) is 0 Å². The van der Waals surface area contributed by atoms with E-state index in [1.807, 2.05) is 31.2 Å². The number of nitrogens with zero attached hydrogens (tertiary/aromatic N) is 1. The number of hydrogen-bond acceptors (Lipinski definition) is 3. The first kappa shape index (κ1) is 14.2. The third-order valence-corrected chi connectivity index (χ3v) is 3.81. The van der Waals surface area contributed by atoms with E-state index in [9.17, 15) is 9.90 Å². The zero-order valence-corrected chi connectivity index (χ0v) is 11.9. The van der Waals surface area contributed by atoms with Crippen molar-refractivity contribution in [3.63, 3.8) is 0 Å². The molecule has 0 aromatic heterocycles. The van der Waals surface area contributed by atoms with Crippen LogP contribution in [0.1, 0.15) is 42.6 Å². The molecule has 0 amide bonds. The lowest BCUT2D eigenvalue weighted by molar-refractivity contribution is -0.0132. The maximum absolute atomic E-state index is 12.2. The molecule has 0 bridgehead atoms. The number of aryl methyl sites for hydroxylation is 1. The first-order valence-electron chi connectivity index (χ1n) is 7.07. The summed E-state index contributed by atoms with van der Waals surface area (Å²) in [4.78, 5) is 14.3. The van der Waals surface area contributed by atoms with Crippen molar-refractivity contribution in [2.24, 2.45) is 0 Å². The maximum Gasteiger partial charge on any atom is 0.176 e. The Morgan fingerprint density at radius 1 is 1.37 bits per heavy atom. The lowest BCUT2D eigenvalue weighted by Crippen LogP contribution is -2.47. The summed E-state index contributed by atoms with van der Waals surface area (Å²) < 4.78 is 0. The molecule has 1 N–H and O–H groups in total. The molecule has 1 atom stereocenters. The van der Waals surface area contributed by atoms with Crippen LogP contribution >= 0.6 is 0 Å². The van der Waals surface area contributed by atoms with Crippen molar-refractivity contribution in [3.05, 3.63) is 35.4 Å². The van der Waals surface area contributed by atoms with Gasteiger partial charge in [0.1, 0.15) is 0 Å². The zero-order chi connectivity index (χ0) is 13.9. The number of aliphatic hydroxyl groups is 1. The minimum atomic E-state index is -0.648. The van der Waals surface area contributed by atoms with Crippen LogP contribution < -0.4 is 0 Å². The molecular formula is C16H23NO2. The van der Waals surface area contributed by atoms with Gasteiger partial charge in [-0.2, -0.15) is 0 Å². The third kappa shape index (κ3) is 3.88. The van der Waals surface area contributed by atoms with Crippen molar-refractivity contribution in [2.75, 3.05) is 19.6 Å². The fourth-order valence-corrected chi connectivity index (χ4v) is 2.68. The summed E-state index contributed by atoms with van der Waals surface area (Å²) in [6.07, 6.45) is 2.77. The summed E-state index contributed by atoms with van der Waals surface area (Å²) >= 11 is 0. The van der Waals surface area contributed by atoms with E-state index in [0.29, 0.717) is 13.1 Å². The second-order valence-electron chi connectivity index (χ2n) is 5.78. The predicted octanol–water partition coefficient (Wildman–Crippen LogP) is 2.28. The van der Waals surface area contributed by atoms with Crippen LogP contribution in [-0.2, 0) is 6.42 Å². The third-order valence-electron chi connectivity index (χ3n) is 3.81. The summed E-state index contributed by atoms with van der Waals surface area (Å²) in [6.45, 7) is 5.84. The predicted molar refractivity (Wildman–Crippen MR) is 76.4 cm³/mol. The van der Waals surface area contributed by atoms with E-state index in [1.165, 1.54) is 5.56 Å². The summed E-state index contributed by atoms with van der Waals surface area (Å²) in [5.74, 6) is 0.139. The molecule has 3 heteroatoms. The second-order valence-corrected chi connectivity index (χ2v) is 5.78. The topological polar surface area (TPSA) is 40.5 Å². The number of ketones is 1. The number of benzene rings is 1. The van der Waals surface area contributed by atoms with Crippen molar-refractivity contribution in [1.29, 1.82) is 0 Å². The first-order chi connectivity index (χ1) is 9.00. The van der Waals surface area contributed by atoms with Crippen LogP contribution in [0.15, 0.2) is 24.3 Å². The van der Waals surface area contributed by atoms with Gasteiger partial charge in [-0.15, -0.1) is 0 Å². The standard InChI is InChI=1S/C16H23NO2/c1-3-13-5-7-14(8-6-13)15(18)11-17-10-4-9-16(2,19)12-17/h5-8,19H,3-4,9-12H2,1-2H3. The maximum atomic E-state index is 12.2. The highest BCUT2D eigenvalue weighted by atomic mass is 16.3. The fourth-order valence-electron chi connectivity index (χ4n) is 2.68. The Hall–Kier alpha value is -1.19. The monoisotopic (exact) mass is 261 g/mol. The van der Waals surface area contributed by atoms with Crippen molar-refractivity contribution in [1.82, 2.24) is 4.90 Å². The minimum Gasteiger partial charge on any atom is -0.389 e. The van der Waals surface area contributed by atoms with E-state index in [-0.39, 0.29) is 5.78 Å². The number of carbonyl (C=O) groups is 1. The van der Waals surface area contributed by atoms with Gasteiger partial charge in [0, 0.05) is 12.1 Å². The molecule has 104 valence electrons.